The van der Waals surface area contributed by atoms with Crippen LogP contribution in [0.15, 0.2) is 23.1 Å². The van der Waals surface area contributed by atoms with Crippen molar-refractivity contribution in [3.05, 3.63) is 28.2 Å². The smallest absolute Gasteiger partial charge is 0.312 e. The molecule has 0 aliphatic rings. The highest BCUT2D eigenvalue weighted by Crippen LogP contribution is 2.31. The SMILES string of the molecule is COC(=O)C(C)(C)CS(=O)c1c(Cl)cccc1Cl. The highest BCUT2D eigenvalue weighted by molar-refractivity contribution is 7.85. The van der Waals surface area contributed by atoms with Gasteiger partial charge in [0.1, 0.15) is 0 Å². The van der Waals surface area contributed by atoms with Gasteiger partial charge >= 0.3 is 5.97 Å². The Morgan fingerprint density at radius 3 is 2.28 bits per heavy atom. The van der Waals surface area contributed by atoms with E-state index in [-0.39, 0.29) is 5.75 Å². The van der Waals surface area contributed by atoms with Gasteiger partial charge in [-0.1, -0.05) is 29.3 Å². The number of hydrogen-bond donors (Lipinski definition) is 0. The monoisotopic (exact) mass is 308 g/mol. The van der Waals surface area contributed by atoms with E-state index in [1.165, 1.54) is 7.11 Å². The third kappa shape index (κ3) is 3.46. The van der Waals surface area contributed by atoms with E-state index in [2.05, 4.69) is 4.74 Å². The average Bonchev–Trinajstić information content (AvgIpc) is 2.26. The number of hydrogen-bond acceptors (Lipinski definition) is 3. The molecule has 0 radical (unpaired) electrons. The summed E-state index contributed by atoms with van der Waals surface area (Å²) in [4.78, 5) is 11.9. The van der Waals surface area contributed by atoms with Gasteiger partial charge in [0.15, 0.2) is 0 Å². The number of ether oxygens (including phenoxy) is 1. The topological polar surface area (TPSA) is 43.4 Å². The van der Waals surface area contributed by atoms with Gasteiger partial charge in [-0.3, -0.25) is 9.00 Å². The fraction of sp³-hybridized carbons (Fsp3) is 0.417. The van der Waals surface area contributed by atoms with Gasteiger partial charge in [0.05, 0.1) is 38.3 Å². The number of carbonyl (C=O) groups is 1. The van der Waals surface area contributed by atoms with Crippen molar-refractivity contribution in [2.75, 3.05) is 12.9 Å². The molecule has 0 aliphatic heterocycles. The molecule has 0 fully saturated rings. The highest BCUT2D eigenvalue weighted by Gasteiger charge is 2.32. The second-order valence-corrected chi connectivity index (χ2v) is 6.62. The van der Waals surface area contributed by atoms with E-state index in [9.17, 15) is 9.00 Å². The van der Waals surface area contributed by atoms with Crippen LogP contribution in [0.5, 0.6) is 0 Å². The molecular formula is C12H14Cl2O3S. The first-order valence-electron chi connectivity index (χ1n) is 5.20. The zero-order chi connectivity index (χ0) is 13.9. The van der Waals surface area contributed by atoms with Crippen LogP contribution in [0.1, 0.15) is 13.8 Å². The second kappa shape index (κ2) is 6.04. The van der Waals surface area contributed by atoms with Crippen LogP contribution in [0.2, 0.25) is 10.0 Å². The number of halogens is 2. The van der Waals surface area contributed by atoms with E-state index >= 15 is 0 Å². The summed E-state index contributed by atoms with van der Waals surface area (Å²) in [5, 5.41) is 0.669. The molecule has 18 heavy (non-hydrogen) atoms. The second-order valence-electron chi connectivity index (χ2n) is 4.42. The molecule has 1 unspecified atom stereocenters. The molecule has 0 N–H and O–H groups in total. The third-order valence-corrected chi connectivity index (χ3v) is 5.11. The molecule has 0 saturated heterocycles. The summed E-state index contributed by atoms with van der Waals surface area (Å²) in [5.74, 6) is -0.317. The van der Waals surface area contributed by atoms with Crippen LogP contribution in [0.3, 0.4) is 0 Å². The third-order valence-electron chi connectivity index (χ3n) is 2.38. The summed E-state index contributed by atoms with van der Waals surface area (Å²) >= 11 is 11.9. The van der Waals surface area contributed by atoms with Gasteiger partial charge in [-0.05, 0) is 26.0 Å². The van der Waals surface area contributed by atoms with E-state index in [0.717, 1.165) is 0 Å². The molecule has 0 heterocycles. The van der Waals surface area contributed by atoms with Crippen molar-refractivity contribution in [2.45, 2.75) is 18.7 Å². The van der Waals surface area contributed by atoms with Gasteiger partial charge in [-0.25, -0.2) is 0 Å². The zero-order valence-corrected chi connectivity index (χ0v) is 12.7. The van der Waals surface area contributed by atoms with Crippen LogP contribution in [-0.2, 0) is 20.3 Å². The maximum Gasteiger partial charge on any atom is 0.312 e. The summed E-state index contributed by atoms with van der Waals surface area (Å²) in [6, 6.07) is 4.91. The summed E-state index contributed by atoms with van der Waals surface area (Å²) in [6.07, 6.45) is 0. The predicted octanol–water partition coefficient (Wildman–Crippen LogP) is 3.30. The molecule has 3 nitrogen and oxygen atoms in total. The normalized spacial score (nSPS) is 13.2. The van der Waals surface area contributed by atoms with Crippen molar-refractivity contribution in [3.8, 4) is 0 Å². The molecule has 100 valence electrons. The Bertz CT molecular complexity index is 466. The van der Waals surface area contributed by atoms with Crippen molar-refractivity contribution in [3.63, 3.8) is 0 Å². The predicted molar refractivity (Wildman–Crippen MR) is 73.5 cm³/mol. The number of benzene rings is 1. The Morgan fingerprint density at radius 2 is 1.83 bits per heavy atom. The van der Waals surface area contributed by atoms with Crippen LogP contribution >= 0.6 is 23.2 Å². The van der Waals surface area contributed by atoms with Crippen LogP contribution in [-0.4, -0.2) is 23.0 Å². The quantitative estimate of drug-likeness (QED) is 0.802. The summed E-state index contributed by atoms with van der Waals surface area (Å²) in [5.41, 5.74) is -0.859. The summed E-state index contributed by atoms with van der Waals surface area (Å²) < 4.78 is 16.9. The molecule has 1 aromatic rings. The van der Waals surface area contributed by atoms with Crippen molar-refractivity contribution in [1.82, 2.24) is 0 Å². The molecule has 0 bridgehead atoms. The maximum atomic E-state index is 12.3. The van der Waals surface area contributed by atoms with Gasteiger partial charge in [0.25, 0.3) is 0 Å². The molecule has 0 amide bonds. The number of carbonyl (C=O) groups excluding carboxylic acids is 1. The number of esters is 1. The molecule has 1 rings (SSSR count). The Kier molecular flexibility index (Phi) is 5.20. The van der Waals surface area contributed by atoms with Crippen LogP contribution < -0.4 is 0 Å². The Hall–Kier alpha value is -0.580. The molecule has 1 atom stereocenters. The Labute approximate surface area is 119 Å². The molecule has 1 aromatic carbocycles. The Balaban J connectivity index is 3.00. The molecule has 0 aliphatic carbocycles. The van der Waals surface area contributed by atoms with Gasteiger partial charge in [0.2, 0.25) is 0 Å². The lowest BCUT2D eigenvalue weighted by Gasteiger charge is -2.21. The van der Waals surface area contributed by atoms with Gasteiger partial charge in [-0.15, -0.1) is 0 Å². The van der Waals surface area contributed by atoms with Gasteiger partial charge < -0.3 is 4.74 Å². The van der Waals surface area contributed by atoms with Crippen molar-refractivity contribution in [1.29, 1.82) is 0 Å². The van der Waals surface area contributed by atoms with Crippen molar-refractivity contribution >= 4 is 40.0 Å². The first kappa shape index (κ1) is 15.5. The first-order chi connectivity index (χ1) is 8.29. The number of methoxy groups -OCH3 is 1. The minimum atomic E-state index is -1.46. The molecule has 0 spiro atoms. The fourth-order valence-electron chi connectivity index (χ4n) is 1.44. The average molecular weight is 309 g/mol. The largest absolute Gasteiger partial charge is 0.469 e. The minimum absolute atomic E-state index is 0.100. The summed E-state index contributed by atoms with van der Waals surface area (Å²) in [7, 11) is -0.162. The standard InChI is InChI=1S/C12H14Cl2O3S/c1-12(2,11(15)17-3)7-18(16)10-8(13)5-4-6-9(10)14/h4-6H,7H2,1-3H3. The number of rotatable bonds is 4. The Morgan fingerprint density at radius 1 is 1.33 bits per heavy atom. The van der Waals surface area contributed by atoms with Gasteiger partial charge in [0, 0.05) is 5.75 Å². The lowest BCUT2D eigenvalue weighted by molar-refractivity contribution is -0.149. The lowest BCUT2D eigenvalue weighted by atomic mass is 9.97. The van der Waals surface area contributed by atoms with Crippen LogP contribution in [0.4, 0.5) is 0 Å². The van der Waals surface area contributed by atoms with E-state index in [1.54, 1.807) is 32.0 Å². The first-order valence-corrected chi connectivity index (χ1v) is 7.28. The van der Waals surface area contributed by atoms with E-state index in [1.807, 2.05) is 0 Å². The fourth-order valence-corrected chi connectivity index (χ4v) is 3.84. The molecule has 0 saturated carbocycles. The van der Waals surface area contributed by atoms with E-state index < -0.39 is 22.2 Å². The molecular weight excluding hydrogens is 295 g/mol. The van der Waals surface area contributed by atoms with E-state index in [0.29, 0.717) is 14.9 Å². The van der Waals surface area contributed by atoms with Gasteiger partial charge in [-0.2, -0.15) is 0 Å². The minimum Gasteiger partial charge on any atom is -0.469 e. The molecule has 6 heteroatoms. The summed E-state index contributed by atoms with van der Waals surface area (Å²) in [6.45, 7) is 3.34. The van der Waals surface area contributed by atoms with Crippen LogP contribution in [0, 0.1) is 5.41 Å². The van der Waals surface area contributed by atoms with Crippen molar-refractivity contribution in [2.24, 2.45) is 5.41 Å². The zero-order valence-electron chi connectivity index (χ0n) is 10.3. The molecule has 0 aromatic heterocycles. The van der Waals surface area contributed by atoms with Crippen molar-refractivity contribution < 1.29 is 13.7 Å². The van der Waals surface area contributed by atoms with E-state index in [4.69, 9.17) is 23.2 Å². The maximum absolute atomic E-state index is 12.3. The van der Waals surface area contributed by atoms with Crippen LogP contribution in [0.25, 0.3) is 0 Å². The lowest BCUT2D eigenvalue weighted by Crippen LogP contribution is -2.31. The highest BCUT2D eigenvalue weighted by atomic mass is 35.5.